The summed E-state index contributed by atoms with van der Waals surface area (Å²) in [6.07, 6.45) is 7.00. The number of alkyl carbamates (subject to hydrolysis) is 1. The molecule has 2 saturated carbocycles. The van der Waals surface area contributed by atoms with Crippen molar-refractivity contribution >= 4 is 28.5 Å². The van der Waals surface area contributed by atoms with Gasteiger partial charge in [0.25, 0.3) is 0 Å². The molecule has 1 aliphatic heterocycles. The Morgan fingerprint density at radius 2 is 2.05 bits per heavy atom. The molecule has 3 aliphatic rings. The number of carbonyl (C=O) groups is 2. The number of nitrogens with zero attached hydrogens (tertiary/aromatic N) is 1. The van der Waals surface area contributed by atoms with Crippen LogP contribution in [-0.2, 0) is 24.7 Å². The highest BCUT2D eigenvalue weighted by molar-refractivity contribution is 7.79. The molecule has 10 nitrogen and oxygen atoms in total. The van der Waals surface area contributed by atoms with E-state index in [1.54, 1.807) is 12.3 Å². The lowest BCUT2D eigenvalue weighted by Crippen LogP contribution is -2.48. The van der Waals surface area contributed by atoms with Crippen LogP contribution in [0.4, 0.5) is 9.18 Å². The van der Waals surface area contributed by atoms with E-state index in [1.165, 1.54) is 12.1 Å². The summed E-state index contributed by atoms with van der Waals surface area (Å²) in [5, 5.41) is 2.64. The lowest BCUT2D eigenvalue weighted by atomic mass is 9.57. The Labute approximate surface area is 245 Å². The summed E-state index contributed by atoms with van der Waals surface area (Å²) >= 11 is 0. The number of halogens is 1. The van der Waals surface area contributed by atoms with Gasteiger partial charge in [-0.15, -0.1) is 0 Å². The van der Waals surface area contributed by atoms with E-state index in [2.05, 4.69) is 21.1 Å². The van der Waals surface area contributed by atoms with Gasteiger partial charge in [0.2, 0.25) is 0 Å². The minimum Gasteiger partial charge on any atom is -0.462 e. The van der Waals surface area contributed by atoms with E-state index in [0.717, 1.165) is 23.2 Å². The number of ether oxygens (including phenoxy) is 2. The maximum absolute atomic E-state index is 13.6. The van der Waals surface area contributed by atoms with E-state index >= 15 is 0 Å². The number of esters is 1. The molecule has 1 amide bonds. The Hall–Kier alpha value is -3.35. The lowest BCUT2D eigenvalue weighted by molar-refractivity contribution is -0.144. The van der Waals surface area contributed by atoms with E-state index in [0.29, 0.717) is 19.3 Å². The van der Waals surface area contributed by atoms with Gasteiger partial charge in [-0.05, 0) is 87.1 Å². The maximum atomic E-state index is 13.6. The molecule has 5 rings (SSSR count). The smallest absolute Gasteiger partial charge is 0.407 e. The Morgan fingerprint density at radius 3 is 2.73 bits per heavy atom. The van der Waals surface area contributed by atoms with Crippen LogP contribution in [0.2, 0.25) is 0 Å². The van der Waals surface area contributed by atoms with Crippen LogP contribution in [-0.4, -0.2) is 53.3 Å². The van der Waals surface area contributed by atoms with E-state index in [-0.39, 0.29) is 53.5 Å². The summed E-state index contributed by atoms with van der Waals surface area (Å²) in [7, 11) is -4.67. The fraction of sp³-hybridized carbons (Fsp3) is 0.483. The van der Waals surface area contributed by atoms with Crippen LogP contribution in [0.1, 0.15) is 52.0 Å². The van der Waals surface area contributed by atoms with Gasteiger partial charge >= 0.3 is 22.5 Å². The first-order valence-electron chi connectivity index (χ1n) is 15.6. The third-order valence-electron chi connectivity index (χ3n) is 8.05. The normalized spacial score (nSPS) is 31.5. The highest BCUT2D eigenvalue weighted by atomic mass is 32.3. The Balaban J connectivity index is 0.000000892. The topological polar surface area (TPSA) is 152 Å². The standard InChI is InChI=1S/C29H33FN2O4.H2O4S/c1-3-35-29(34)32-23-10-11-24-20(14-23)15-26-27(17(2)36-28(26)33)25(24)12-9-22-8-7-19(16-31-22)18-5-4-6-21(30)13-18;1-5(2,3)4/h4-9,12-13,16-17,20,23-27H,3,10-11,14-15H2,1-2H3,(H,32,34);(H2,1,2,3,4)/b12-9+;/t17-,20+,23-,24-,25+,26-,27+;/m1./s1/i1D3,3D2;. The van der Waals surface area contributed by atoms with E-state index < -0.39 is 29.9 Å². The molecule has 0 unspecified atom stereocenters. The molecule has 3 fully saturated rings. The zero-order chi connectivity index (χ0) is 34.0. The minimum atomic E-state index is -4.67. The van der Waals surface area contributed by atoms with Crippen molar-refractivity contribution in [1.29, 1.82) is 0 Å². The number of hydrogen-bond acceptors (Lipinski definition) is 7. The van der Waals surface area contributed by atoms with Gasteiger partial charge in [0.05, 0.1) is 20.9 Å². The zero-order valence-corrected chi connectivity index (χ0v) is 23.0. The van der Waals surface area contributed by atoms with Gasteiger partial charge in [0.15, 0.2) is 0 Å². The molecule has 1 aromatic carbocycles. The second-order valence-corrected chi connectivity index (χ2v) is 11.4. The summed E-state index contributed by atoms with van der Waals surface area (Å²) in [6.45, 7) is -4.28. The number of nitrogens with one attached hydrogen (secondary N) is 1. The summed E-state index contributed by atoms with van der Waals surface area (Å²) in [5.74, 6) is -0.384. The van der Waals surface area contributed by atoms with Gasteiger partial charge in [-0.2, -0.15) is 8.42 Å². The molecule has 2 heterocycles. The van der Waals surface area contributed by atoms with E-state index in [1.807, 2.05) is 31.2 Å². The van der Waals surface area contributed by atoms with E-state index in [4.69, 9.17) is 29.1 Å². The summed E-state index contributed by atoms with van der Waals surface area (Å²) < 4.78 is 92.3. The maximum Gasteiger partial charge on any atom is 0.407 e. The number of amides is 1. The number of carbonyl (C=O) groups excluding carboxylic acids is 2. The van der Waals surface area contributed by atoms with Gasteiger partial charge < -0.3 is 14.8 Å². The third kappa shape index (κ3) is 8.11. The fourth-order valence-corrected chi connectivity index (χ4v) is 6.54. The predicted octanol–water partition coefficient (Wildman–Crippen LogP) is 4.98. The van der Waals surface area contributed by atoms with Gasteiger partial charge in [-0.25, -0.2) is 9.18 Å². The van der Waals surface area contributed by atoms with Crippen molar-refractivity contribution in [2.24, 2.45) is 29.6 Å². The molecule has 0 bridgehead atoms. The Bertz CT molecular complexity index is 1550. The van der Waals surface area contributed by atoms with Crippen LogP contribution in [0, 0.1) is 35.4 Å². The molecule has 3 N–H and O–H groups in total. The molecule has 41 heavy (non-hydrogen) atoms. The van der Waals surface area contributed by atoms with Crippen LogP contribution < -0.4 is 5.32 Å². The monoisotopic (exact) mass is 595 g/mol. The molecule has 222 valence electrons. The largest absolute Gasteiger partial charge is 0.462 e. The molecule has 2 aliphatic carbocycles. The molecule has 12 heteroatoms. The number of cyclic esters (lactones) is 1. The molecule has 7 atom stereocenters. The van der Waals surface area contributed by atoms with Crippen molar-refractivity contribution in [2.75, 3.05) is 6.56 Å². The molecule has 2 aromatic rings. The quantitative estimate of drug-likeness (QED) is 0.321. The van der Waals surface area contributed by atoms with Crippen molar-refractivity contribution in [1.82, 2.24) is 10.3 Å². The molecule has 0 radical (unpaired) electrons. The second kappa shape index (κ2) is 13.1. The van der Waals surface area contributed by atoms with Crippen LogP contribution in [0.5, 0.6) is 0 Å². The van der Waals surface area contributed by atoms with Crippen molar-refractivity contribution < 1.29 is 47.8 Å². The SMILES string of the molecule is O=S(=O)(O)O.[2H]C([2H])([2H])C([2H])([2H])OC(=O)N[C@@H]1CC[C@@H]2[C@@H](C1)C[C@H]1C(=O)O[C@H](C)[C@H]1[C@H]2/C=C/c1ccc(-c2cccc(F)c2)cn1. The molecule has 1 saturated heterocycles. The number of benzene rings is 1. The minimum absolute atomic E-state index is 0.0209. The third-order valence-corrected chi connectivity index (χ3v) is 8.05. The number of allylic oxidation sites excluding steroid dienone is 1. The zero-order valence-electron chi connectivity index (χ0n) is 27.1. The van der Waals surface area contributed by atoms with Gasteiger partial charge in [-0.1, -0.05) is 24.3 Å². The number of rotatable bonds is 5. The first-order chi connectivity index (χ1) is 21.3. The highest BCUT2D eigenvalue weighted by Crippen LogP contribution is 2.53. The average molecular weight is 596 g/mol. The number of aromatic nitrogens is 1. The Morgan fingerprint density at radius 1 is 1.27 bits per heavy atom. The van der Waals surface area contributed by atoms with Crippen LogP contribution in [0.3, 0.4) is 0 Å². The molecular weight excluding hydrogens is 555 g/mol. The molecular formula is C29H35FN2O8S. The second-order valence-electron chi connectivity index (χ2n) is 10.5. The summed E-state index contributed by atoms with van der Waals surface area (Å²) in [4.78, 5) is 29.6. The highest BCUT2D eigenvalue weighted by Gasteiger charge is 2.54. The van der Waals surface area contributed by atoms with Crippen molar-refractivity contribution in [2.45, 2.75) is 51.6 Å². The predicted molar refractivity (Wildman–Crippen MR) is 148 cm³/mol. The number of hydrogen-bond donors (Lipinski definition) is 3. The van der Waals surface area contributed by atoms with Crippen LogP contribution >= 0.6 is 0 Å². The summed E-state index contributed by atoms with van der Waals surface area (Å²) in [5.41, 5.74) is 2.28. The average Bonchev–Trinajstić information content (AvgIpc) is 3.22. The number of fused-ring (bicyclic) bond motifs is 2. The van der Waals surface area contributed by atoms with Crippen LogP contribution in [0.25, 0.3) is 17.2 Å². The van der Waals surface area contributed by atoms with Crippen molar-refractivity contribution in [3.05, 3.63) is 60.2 Å². The first-order valence-corrected chi connectivity index (χ1v) is 14.5. The summed E-state index contributed by atoms with van der Waals surface area (Å²) in [6, 6.07) is 9.77. The van der Waals surface area contributed by atoms with Gasteiger partial charge in [0.1, 0.15) is 11.9 Å². The van der Waals surface area contributed by atoms with Crippen molar-refractivity contribution in [3.8, 4) is 11.1 Å². The lowest BCUT2D eigenvalue weighted by Gasteiger charge is -2.47. The van der Waals surface area contributed by atoms with E-state index in [9.17, 15) is 14.0 Å². The van der Waals surface area contributed by atoms with Crippen LogP contribution in [0.15, 0.2) is 48.7 Å². The Kier molecular flexibility index (Phi) is 7.75. The number of pyridine rings is 1. The van der Waals surface area contributed by atoms with Crippen molar-refractivity contribution in [3.63, 3.8) is 0 Å². The van der Waals surface area contributed by atoms with Gasteiger partial charge in [-0.3, -0.25) is 18.9 Å². The molecule has 0 spiro atoms. The fourth-order valence-electron chi connectivity index (χ4n) is 6.54. The first kappa shape index (κ1) is 24.3. The molecule has 1 aromatic heterocycles. The van der Waals surface area contributed by atoms with Gasteiger partial charge in [0, 0.05) is 27.8 Å².